The molecule has 1 heterocycles. The van der Waals surface area contributed by atoms with Crippen LogP contribution in [0.3, 0.4) is 0 Å². The standard InChI is InChI=1S/C10H18N2O2S/c1-4-11-9(13)8(6-15)12(10(11)14)5-7(2)3/h7,13,15H,4-6H2,1-3H3. The molecular formula is C10H18N2O2S. The average molecular weight is 230 g/mol. The summed E-state index contributed by atoms with van der Waals surface area (Å²) in [6.45, 7) is 7.01. The zero-order valence-corrected chi connectivity index (χ0v) is 10.3. The van der Waals surface area contributed by atoms with Crippen molar-refractivity contribution in [2.24, 2.45) is 5.92 Å². The normalized spacial score (nSPS) is 11.3. The molecular weight excluding hydrogens is 212 g/mol. The second kappa shape index (κ2) is 4.79. The number of aromatic nitrogens is 2. The third kappa shape index (κ3) is 2.22. The van der Waals surface area contributed by atoms with E-state index in [1.165, 1.54) is 4.57 Å². The highest BCUT2D eigenvalue weighted by molar-refractivity contribution is 7.79. The van der Waals surface area contributed by atoms with Crippen molar-refractivity contribution < 1.29 is 5.11 Å². The molecule has 0 aliphatic rings. The molecule has 4 nitrogen and oxygen atoms in total. The molecule has 0 bridgehead atoms. The molecule has 1 aromatic rings. The van der Waals surface area contributed by atoms with Gasteiger partial charge < -0.3 is 5.11 Å². The Morgan fingerprint density at radius 1 is 1.40 bits per heavy atom. The smallest absolute Gasteiger partial charge is 0.331 e. The Bertz CT molecular complexity index is 393. The lowest BCUT2D eigenvalue weighted by atomic mass is 10.2. The number of aromatic hydroxyl groups is 1. The summed E-state index contributed by atoms with van der Waals surface area (Å²) in [4.78, 5) is 11.9. The van der Waals surface area contributed by atoms with Crippen LogP contribution < -0.4 is 5.69 Å². The van der Waals surface area contributed by atoms with E-state index in [2.05, 4.69) is 12.6 Å². The third-order valence-corrected chi connectivity index (χ3v) is 2.61. The summed E-state index contributed by atoms with van der Waals surface area (Å²) in [5.41, 5.74) is 0.464. The van der Waals surface area contributed by atoms with Gasteiger partial charge in [-0.15, -0.1) is 0 Å². The van der Waals surface area contributed by atoms with Gasteiger partial charge in [-0.1, -0.05) is 13.8 Å². The summed E-state index contributed by atoms with van der Waals surface area (Å²) in [7, 11) is 0. The van der Waals surface area contributed by atoms with Gasteiger partial charge in [-0.3, -0.25) is 9.13 Å². The van der Waals surface area contributed by atoms with Crippen LogP contribution in [0.2, 0.25) is 0 Å². The van der Waals surface area contributed by atoms with Crippen molar-refractivity contribution >= 4 is 12.6 Å². The number of hydrogen-bond acceptors (Lipinski definition) is 3. The quantitative estimate of drug-likeness (QED) is 0.769. The van der Waals surface area contributed by atoms with Gasteiger partial charge in [0.15, 0.2) is 0 Å². The summed E-state index contributed by atoms with van der Waals surface area (Å²) in [6, 6.07) is 0. The van der Waals surface area contributed by atoms with Crippen molar-refractivity contribution in [1.29, 1.82) is 0 Å². The minimum atomic E-state index is -0.146. The van der Waals surface area contributed by atoms with Crippen molar-refractivity contribution in [3.8, 4) is 5.88 Å². The van der Waals surface area contributed by atoms with Crippen LogP contribution in [0.25, 0.3) is 0 Å². The predicted octanol–water partition coefficient (Wildman–Crippen LogP) is 1.46. The van der Waals surface area contributed by atoms with Gasteiger partial charge in [-0.25, -0.2) is 4.79 Å². The highest BCUT2D eigenvalue weighted by atomic mass is 32.1. The zero-order chi connectivity index (χ0) is 11.6. The second-order valence-corrected chi connectivity index (χ2v) is 4.28. The SMILES string of the molecule is CCn1c(O)c(CS)n(CC(C)C)c1=O. The summed E-state index contributed by atoms with van der Waals surface area (Å²) >= 11 is 4.14. The first kappa shape index (κ1) is 12.2. The van der Waals surface area contributed by atoms with Crippen LogP contribution in [0.15, 0.2) is 4.79 Å². The molecule has 0 atom stereocenters. The maximum absolute atomic E-state index is 11.9. The van der Waals surface area contributed by atoms with E-state index in [1.807, 2.05) is 20.8 Å². The molecule has 5 heteroatoms. The van der Waals surface area contributed by atoms with Crippen molar-refractivity contribution in [2.75, 3.05) is 0 Å². The molecule has 1 rings (SSSR count). The molecule has 86 valence electrons. The number of rotatable bonds is 4. The molecule has 0 fully saturated rings. The summed E-state index contributed by atoms with van der Waals surface area (Å²) < 4.78 is 2.98. The molecule has 0 saturated heterocycles. The molecule has 0 radical (unpaired) electrons. The summed E-state index contributed by atoms with van der Waals surface area (Å²) in [6.07, 6.45) is 0. The Hall–Kier alpha value is -0.840. The fourth-order valence-electron chi connectivity index (χ4n) is 1.62. The number of imidazole rings is 1. The van der Waals surface area contributed by atoms with E-state index in [-0.39, 0.29) is 11.6 Å². The lowest BCUT2D eigenvalue weighted by Gasteiger charge is -2.07. The zero-order valence-electron chi connectivity index (χ0n) is 9.40. The van der Waals surface area contributed by atoms with Crippen LogP contribution in [0.5, 0.6) is 5.88 Å². The average Bonchev–Trinajstić information content (AvgIpc) is 2.38. The number of nitrogens with zero attached hydrogens (tertiary/aromatic N) is 2. The minimum Gasteiger partial charge on any atom is -0.493 e. The van der Waals surface area contributed by atoms with Crippen molar-refractivity contribution in [1.82, 2.24) is 9.13 Å². The van der Waals surface area contributed by atoms with Crippen LogP contribution in [0.4, 0.5) is 0 Å². The van der Waals surface area contributed by atoms with E-state index in [1.54, 1.807) is 4.57 Å². The van der Waals surface area contributed by atoms with Crippen LogP contribution in [-0.4, -0.2) is 14.2 Å². The molecule has 0 amide bonds. The Morgan fingerprint density at radius 3 is 2.40 bits per heavy atom. The molecule has 1 aromatic heterocycles. The summed E-state index contributed by atoms with van der Waals surface area (Å²) in [5.74, 6) is 0.799. The maximum Gasteiger partial charge on any atom is 0.331 e. The first-order valence-electron chi connectivity index (χ1n) is 5.14. The van der Waals surface area contributed by atoms with Crippen molar-refractivity contribution in [3.05, 3.63) is 16.2 Å². The van der Waals surface area contributed by atoms with E-state index in [9.17, 15) is 9.90 Å². The Balaban J connectivity index is 3.29. The van der Waals surface area contributed by atoms with E-state index in [0.29, 0.717) is 30.5 Å². The van der Waals surface area contributed by atoms with Gasteiger partial charge in [-0.2, -0.15) is 12.6 Å². The van der Waals surface area contributed by atoms with Crippen molar-refractivity contribution in [3.63, 3.8) is 0 Å². The first-order valence-corrected chi connectivity index (χ1v) is 5.78. The van der Waals surface area contributed by atoms with Gasteiger partial charge >= 0.3 is 5.69 Å². The fraction of sp³-hybridized carbons (Fsp3) is 0.700. The molecule has 15 heavy (non-hydrogen) atoms. The van der Waals surface area contributed by atoms with E-state index in [4.69, 9.17) is 0 Å². The number of thiol groups is 1. The van der Waals surface area contributed by atoms with Crippen LogP contribution in [-0.2, 0) is 18.8 Å². The second-order valence-electron chi connectivity index (χ2n) is 3.96. The Morgan fingerprint density at radius 2 is 2.00 bits per heavy atom. The fourth-order valence-corrected chi connectivity index (χ4v) is 1.93. The minimum absolute atomic E-state index is 0.0538. The topological polar surface area (TPSA) is 47.2 Å². The summed E-state index contributed by atoms with van der Waals surface area (Å²) in [5, 5.41) is 9.80. The van der Waals surface area contributed by atoms with Gasteiger partial charge in [0.2, 0.25) is 5.88 Å². The largest absolute Gasteiger partial charge is 0.493 e. The van der Waals surface area contributed by atoms with E-state index in [0.717, 1.165) is 0 Å². The maximum atomic E-state index is 11.9. The Kier molecular flexibility index (Phi) is 3.90. The number of hydrogen-bond donors (Lipinski definition) is 2. The van der Waals surface area contributed by atoms with Gasteiger partial charge in [0.05, 0.1) is 5.69 Å². The van der Waals surface area contributed by atoms with E-state index >= 15 is 0 Å². The lowest BCUT2D eigenvalue weighted by Crippen LogP contribution is -2.26. The molecule has 1 N–H and O–H groups in total. The molecule has 0 aliphatic carbocycles. The third-order valence-electron chi connectivity index (χ3n) is 2.32. The van der Waals surface area contributed by atoms with E-state index < -0.39 is 0 Å². The van der Waals surface area contributed by atoms with Crippen molar-refractivity contribution in [2.45, 2.75) is 39.6 Å². The monoisotopic (exact) mass is 230 g/mol. The lowest BCUT2D eigenvalue weighted by molar-refractivity contribution is 0.414. The van der Waals surface area contributed by atoms with Crippen LogP contribution >= 0.6 is 12.6 Å². The van der Waals surface area contributed by atoms with Gasteiger partial charge in [0.1, 0.15) is 0 Å². The van der Waals surface area contributed by atoms with Gasteiger partial charge in [-0.05, 0) is 12.8 Å². The van der Waals surface area contributed by atoms with Gasteiger partial charge in [0, 0.05) is 18.8 Å². The first-order chi connectivity index (χ1) is 7.02. The van der Waals surface area contributed by atoms with Crippen LogP contribution in [0.1, 0.15) is 26.5 Å². The Labute approximate surface area is 94.9 Å². The van der Waals surface area contributed by atoms with Crippen LogP contribution in [0, 0.1) is 5.92 Å². The highest BCUT2D eigenvalue weighted by Gasteiger charge is 2.17. The molecule has 0 saturated carbocycles. The molecule has 0 unspecified atom stereocenters. The molecule has 0 spiro atoms. The molecule has 0 aromatic carbocycles. The van der Waals surface area contributed by atoms with Gasteiger partial charge in [0.25, 0.3) is 0 Å². The predicted molar refractivity (Wildman–Crippen MR) is 63.6 cm³/mol. The highest BCUT2D eigenvalue weighted by Crippen LogP contribution is 2.18. The molecule has 0 aliphatic heterocycles.